The monoisotopic (exact) mass is 1060 g/mol. The number of unbranched alkanes of at least 4 members (excludes halogenated alkanes) is 6. The molecule has 1 atom stereocenters. The predicted molar refractivity (Wildman–Crippen MR) is 266 cm³/mol. The first-order valence-corrected chi connectivity index (χ1v) is 27.5. The van der Waals surface area contributed by atoms with Crippen LogP contribution in [0.5, 0.6) is 17.2 Å². The fourth-order valence-corrected chi connectivity index (χ4v) is 12.7. The maximum absolute atomic E-state index is 13.9. The Morgan fingerprint density at radius 3 is 1.60 bits per heavy atom. The van der Waals surface area contributed by atoms with Crippen molar-refractivity contribution in [2.75, 3.05) is 19.2 Å². The maximum atomic E-state index is 13.9. The zero-order valence-electron chi connectivity index (χ0n) is 36.6. The third kappa shape index (κ3) is 9.81. The number of hydrogen-bond acceptors (Lipinski definition) is 6. The average molecular weight is 1060 g/mol. The fourth-order valence-electron chi connectivity index (χ4n) is 8.13. The summed E-state index contributed by atoms with van der Waals surface area (Å²) in [5.74, 6) is -0.469. The Labute approximate surface area is 387 Å². The molecule has 2 heterocycles. The molecule has 7 rings (SSSR count). The third-order valence-electron chi connectivity index (χ3n) is 11.9. The normalized spacial score (nSPS) is 14.9. The van der Waals surface area contributed by atoms with Gasteiger partial charge in [0.05, 0.1) is 33.6 Å². The Morgan fingerprint density at radius 1 is 0.548 bits per heavy atom. The average Bonchev–Trinajstić information content (AvgIpc) is 3.66. The van der Waals surface area contributed by atoms with Gasteiger partial charge in [0, 0.05) is 0 Å². The Morgan fingerprint density at radius 2 is 1.03 bits per heavy atom. The second kappa shape index (κ2) is 19.5. The number of halogens is 2. The summed E-state index contributed by atoms with van der Waals surface area (Å²) < 4.78 is 14.9. The molecular formula is C52H56I2N2O6. The second-order valence-corrected chi connectivity index (χ2v) is 24.9. The van der Waals surface area contributed by atoms with Gasteiger partial charge in [0.1, 0.15) is 5.75 Å². The van der Waals surface area contributed by atoms with E-state index >= 15 is 0 Å². The number of carbonyl (C=O) groups excluding carboxylic acids is 4. The number of fused-ring (bicyclic) bond motifs is 2. The minimum absolute atomic E-state index is 0.207. The number of benzene rings is 5. The van der Waals surface area contributed by atoms with Crippen molar-refractivity contribution in [3.63, 3.8) is 0 Å². The molecule has 0 bridgehead atoms. The van der Waals surface area contributed by atoms with Crippen LogP contribution in [0.25, 0.3) is 0 Å². The van der Waals surface area contributed by atoms with Crippen molar-refractivity contribution in [3.05, 3.63) is 146 Å². The van der Waals surface area contributed by atoms with Crippen LogP contribution in [-0.4, -0.2) is 36.6 Å². The van der Waals surface area contributed by atoms with E-state index in [9.17, 15) is 19.2 Å². The van der Waals surface area contributed by atoms with Crippen LogP contribution in [0.3, 0.4) is 0 Å². The molecular weight excluding hydrogens is 1000 g/mol. The molecule has 0 saturated carbocycles. The molecule has 0 aromatic heterocycles. The van der Waals surface area contributed by atoms with Crippen LogP contribution in [0.1, 0.15) is 145 Å². The molecule has 5 aromatic rings. The van der Waals surface area contributed by atoms with E-state index in [0.29, 0.717) is 17.2 Å². The van der Waals surface area contributed by atoms with Crippen LogP contribution >= 0.6 is 42.4 Å². The molecule has 0 saturated heterocycles. The van der Waals surface area contributed by atoms with Crippen molar-refractivity contribution in [1.29, 1.82) is 0 Å². The summed E-state index contributed by atoms with van der Waals surface area (Å²) in [6, 6.07) is 33.5. The molecule has 10 heteroatoms. The van der Waals surface area contributed by atoms with Gasteiger partial charge in [0.2, 0.25) is 0 Å². The van der Waals surface area contributed by atoms with Crippen molar-refractivity contribution >= 4 is 77.4 Å². The topological polar surface area (TPSA) is 93.2 Å². The number of anilines is 2. The van der Waals surface area contributed by atoms with Gasteiger partial charge in [-0.15, -0.1) is 0 Å². The second-order valence-electron chi connectivity index (χ2n) is 16.9. The summed E-state index contributed by atoms with van der Waals surface area (Å²) >= 11 is 1.16. The number of alkyl halides is 3. The Hall–Kier alpha value is -4.56. The van der Waals surface area contributed by atoms with E-state index in [1.54, 1.807) is 54.6 Å². The molecule has 5 aromatic carbocycles. The molecule has 0 aliphatic carbocycles. The number of carbonyl (C=O) groups is 4. The summed E-state index contributed by atoms with van der Waals surface area (Å²) in [6.45, 7) is 10.9. The molecule has 2 aliphatic heterocycles. The van der Waals surface area contributed by atoms with Gasteiger partial charge in [-0.25, -0.2) is 9.80 Å². The van der Waals surface area contributed by atoms with E-state index in [1.807, 2.05) is 19.1 Å². The van der Waals surface area contributed by atoms with Crippen LogP contribution in [-0.2, 0) is 5.41 Å². The van der Waals surface area contributed by atoms with E-state index in [0.717, 1.165) is 41.0 Å². The predicted octanol–water partition coefficient (Wildman–Crippen LogP) is 13.8. The molecule has 324 valence electrons. The molecule has 0 N–H and O–H groups in total. The van der Waals surface area contributed by atoms with Crippen LogP contribution in [0, 0.1) is 3.57 Å². The van der Waals surface area contributed by atoms with E-state index < -0.39 is 47.1 Å². The third-order valence-corrected chi connectivity index (χ3v) is 17.9. The number of hydrogen-bond donors (Lipinski definition) is 0. The first-order chi connectivity index (χ1) is 29.7. The van der Waals surface area contributed by atoms with Crippen molar-refractivity contribution in [3.8, 4) is 17.2 Å². The van der Waals surface area contributed by atoms with Crippen LogP contribution in [0.4, 0.5) is 11.4 Å². The number of ether oxygens (including phenoxy) is 2. The molecule has 0 radical (unpaired) electrons. The van der Waals surface area contributed by atoms with Gasteiger partial charge in [0.15, 0.2) is 3.61 Å². The summed E-state index contributed by atoms with van der Waals surface area (Å²) in [5.41, 5.74) is 3.65. The van der Waals surface area contributed by atoms with Gasteiger partial charge in [-0.05, 0) is 84.8 Å². The number of imide groups is 2. The molecule has 4 amide bonds. The van der Waals surface area contributed by atoms with Gasteiger partial charge in [-0.3, -0.25) is 19.2 Å². The number of nitrogens with zero attached hydrogens (tertiary/aromatic N) is 2. The molecule has 1 unspecified atom stereocenters. The van der Waals surface area contributed by atoms with Crippen LogP contribution < -0.4 is 19.3 Å². The summed E-state index contributed by atoms with van der Waals surface area (Å²) in [7, 11) is 0. The molecule has 8 nitrogen and oxygen atoms in total. The number of rotatable bonds is 19. The number of amides is 4. The Bertz CT molecular complexity index is 2460. The first kappa shape index (κ1) is 45.5. The van der Waals surface area contributed by atoms with Crippen LogP contribution in [0.2, 0.25) is 0 Å². The first-order valence-electron chi connectivity index (χ1n) is 21.7. The van der Waals surface area contributed by atoms with E-state index in [1.165, 1.54) is 51.7 Å². The van der Waals surface area contributed by atoms with E-state index in [4.69, 9.17) is 9.47 Å². The molecule has 2 aliphatic rings. The van der Waals surface area contributed by atoms with Gasteiger partial charge in [0.25, 0.3) is 23.6 Å². The van der Waals surface area contributed by atoms with E-state index in [2.05, 4.69) is 91.6 Å². The fraction of sp³-hybridized carbons (Fsp3) is 0.346. The van der Waals surface area contributed by atoms with Crippen molar-refractivity contribution in [1.82, 2.24) is 0 Å². The summed E-state index contributed by atoms with van der Waals surface area (Å²) in [6.07, 6.45) is 10.6. The standard InChI is InChI=1S/C52H56I2N2O6/c1-7-9-11-13-30-52(5,53)62-42-27-29-44-46(34-42)50(60)56(48(44)58)39-17-15-16-38(32-39)55-47(57)43-28-26-41(33-45(43)49(55)59)61-40-24-20-36(21-25-40)51(3,4)35-18-22-37(23-19-35)54(6)31-14-12-10-8-2/h15-29,32-34H,7-14,30-31H2,1-6H3. The van der Waals surface area contributed by atoms with Crippen LogP contribution in [0.15, 0.2) is 109 Å². The van der Waals surface area contributed by atoms with Crippen molar-refractivity contribution in [2.24, 2.45) is 0 Å². The van der Waals surface area contributed by atoms with Crippen molar-refractivity contribution in [2.45, 2.75) is 101 Å². The molecule has 0 fully saturated rings. The van der Waals surface area contributed by atoms with Crippen molar-refractivity contribution < 1.29 is 28.7 Å². The molecule has 62 heavy (non-hydrogen) atoms. The SMILES string of the molecule is CCCCCCI(C)c1ccc(C(C)(C)c2ccc(Oc3ccc4c(c3)C(=O)N(c3cccc(N5C(=O)c6ccc(OC(C)(I)CCCCCC)cc6C5=O)c3)C4=O)cc2)cc1. The van der Waals surface area contributed by atoms with E-state index in [-0.39, 0.29) is 39.0 Å². The van der Waals surface area contributed by atoms with Gasteiger partial charge in [-0.1, -0.05) is 32.3 Å². The van der Waals surface area contributed by atoms with Gasteiger partial charge >= 0.3 is 173 Å². The summed E-state index contributed by atoms with van der Waals surface area (Å²) in [4.78, 5) is 59.7. The quantitative estimate of drug-likeness (QED) is 0.0354. The molecule has 0 spiro atoms. The zero-order valence-corrected chi connectivity index (χ0v) is 40.9. The summed E-state index contributed by atoms with van der Waals surface area (Å²) in [5, 5.41) is 0. The Kier molecular flexibility index (Phi) is 14.3. The van der Waals surface area contributed by atoms with Gasteiger partial charge < -0.3 is 4.74 Å². The minimum atomic E-state index is -1.13. The zero-order chi connectivity index (χ0) is 44.2. The Balaban J connectivity index is 1.01. The van der Waals surface area contributed by atoms with Gasteiger partial charge in [-0.2, -0.15) is 0 Å².